The molecule has 8 heteroatoms. The summed E-state index contributed by atoms with van der Waals surface area (Å²) in [4.78, 5) is 17.6. The van der Waals surface area contributed by atoms with E-state index < -0.39 is 4.92 Å². The lowest BCUT2D eigenvalue weighted by molar-refractivity contribution is -0.389. The van der Waals surface area contributed by atoms with Gasteiger partial charge in [-0.1, -0.05) is 11.6 Å². The van der Waals surface area contributed by atoms with Crippen molar-refractivity contribution in [1.82, 2.24) is 14.5 Å². The lowest BCUT2D eigenvalue weighted by atomic mass is 10.4. The molecule has 0 aliphatic carbocycles. The standard InChI is InChI=1S/C8H4BrClN4O2/c9-6-1-5(10)2-11-8(6)13-3-7(12-4-13)14(15)16/h1-4H. The highest BCUT2D eigenvalue weighted by atomic mass is 79.9. The Bertz CT molecular complexity index is 557. The van der Waals surface area contributed by atoms with Crippen LogP contribution in [0, 0.1) is 10.1 Å². The van der Waals surface area contributed by atoms with Gasteiger partial charge in [-0.3, -0.25) is 4.57 Å². The smallest absolute Gasteiger partial charge is 0.358 e. The van der Waals surface area contributed by atoms with E-state index in [1.807, 2.05) is 0 Å². The zero-order valence-corrected chi connectivity index (χ0v) is 10.0. The van der Waals surface area contributed by atoms with Crippen LogP contribution in [0.4, 0.5) is 5.82 Å². The van der Waals surface area contributed by atoms with Crippen molar-refractivity contribution in [2.24, 2.45) is 0 Å². The average Bonchev–Trinajstić information content (AvgIpc) is 2.66. The fourth-order valence-corrected chi connectivity index (χ4v) is 1.96. The van der Waals surface area contributed by atoms with Gasteiger partial charge in [0.1, 0.15) is 6.20 Å². The molecule has 0 saturated heterocycles. The first-order valence-electron chi connectivity index (χ1n) is 4.08. The van der Waals surface area contributed by atoms with E-state index in [1.54, 1.807) is 6.07 Å². The topological polar surface area (TPSA) is 73.8 Å². The molecule has 82 valence electrons. The van der Waals surface area contributed by atoms with Gasteiger partial charge in [-0.15, -0.1) is 0 Å². The van der Waals surface area contributed by atoms with Gasteiger partial charge < -0.3 is 10.1 Å². The highest BCUT2D eigenvalue weighted by Gasteiger charge is 2.13. The first-order chi connectivity index (χ1) is 7.58. The zero-order valence-electron chi connectivity index (χ0n) is 7.67. The molecule has 0 aliphatic rings. The van der Waals surface area contributed by atoms with Crippen molar-refractivity contribution >= 4 is 33.3 Å². The van der Waals surface area contributed by atoms with E-state index in [1.165, 1.54) is 23.3 Å². The monoisotopic (exact) mass is 302 g/mol. The van der Waals surface area contributed by atoms with Crippen LogP contribution in [0.1, 0.15) is 0 Å². The molecule has 0 bridgehead atoms. The molecule has 0 spiro atoms. The highest BCUT2D eigenvalue weighted by Crippen LogP contribution is 2.23. The fourth-order valence-electron chi connectivity index (χ4n) is 1.12. The van der Waals surface area contributed by atoms with Crippen LogP contribution in [0.5, 0.6) is 0 Å². The third kappa shape index (κ3) is 2.05. The summed E-state index contributed by atoms with van der Waals surface area (Å²) >= 11 is 9.00. The van der Waals surface area contributed by atoms with E-state index in [9.17, 15) is 10.1 Å². The number of nitro groups is 1. The SMILES string of the molecule is O=[N+]([O-])c1cn(-c2ncc(Cl)cc2Br)cn1. The number of rotatable bonds is 2. The Balaban J connectivity index is 2.46. The maximum Gasteiger partial charge on any atom is 0.381 e. The molecule has 2 rings (SSSR count). The minimum Gasteiger partial charge on any atom is -0.358 e. The van der Waals surface area contributed by atoms with Gasteiger partial charge in [-0.25, -0.2) is 4.98 Å². The zero-order chi connectivity index (χ0) is 11.7. The molecule has 2 aromatic heterocycles. The third-order valence-corrected chi connectivity index (χ3v) is 2.58. The fraction of sp³-hybridized carbons (Fsp3) is 0. The van der Waals surface area contributed by atoms with Gasteiger partial charge in [0.25, 0.3) is 0 Å². The summed E-state index contributed by atoms with van der Waals surface area (Å²) in [6, 6.07) is 1.65. The van der Waals surface area contributed by atoms with E-state index in [0.29, 0.717) is 15.3 Å². The quantitative estimate of drug-likeness (QED) is 0.631. The molecule has 0 N–H and O–H groups in total. The first kappa shape index (κ1) is 11.0. The van der Waals surface area contributed by atoms with Crippen LogP contribution < -0.4 is 0 Å². The van der Waals surface area contributed by atoms with Crippen molar-refractivity contribution < 1.29 is 4.92 Å². The number of aromatic nitrogens is 3. The molecule has 0 unspecified atom stereocenters. The van der Waals surface area contributed by atoms with Gasteiger partial charge in [-0.2, -0.15) is 0 Å². The summed E-state index contributed by atoms with van der Waals surface area (Å²) in [7, 11) is 0. The Hall–Kier alpha value is -1.47. The number of halogens is 2. The summed E-state index contributed by atoms with van der Waals surface area (Å²) in [6.07, 6.45) is 4.05. The third-order valence-electron chi connectivity index (χ3n) is 1.79. The van der Waals surface area contributed by atoms with Crippen LogP contribution >= 0.6 is 27.5 Å². The van der Waals surface area contributed by atoms with Crippen LogP contribution in [-0.2, 0) is 0 Å². The van der Waals surface area contributed by atoms with Crippen molar-refractivity contribution in [2.75, 3.05) is 0 Å². The summed E-state index contributed by atoms with van der Waals surface area (Å²) in [5.41, 5.74) is 0. The van der Waals surface area contributed by atoms with Crippen LogP contribution in [0.15, 0.2) is 29.3 Å². The Labute approximate surface area is 103 Å². The molecule has 0 radical (unpaired) electrons. The Morgan fingerprint density at radius 2 is 2.25 bits per heavy atom. The Kier molecular flexibility index (Phi) is 2.88. The van der Waals surface area contributed by atoms with Gasteiger partial charge in [0, 0.05) is 6.20 Å². The van der Waals surface area contributed by atoms with E-state index >= 15 is 0 Å². The van der Waals surface area contributed by atoms with Gasteiger partial charge in [0.2, 0.25) is 6.33 Å². The van der Waals surface area contributed by atoms with Crippen LogP contribution in [0.3, 0.4) is 0 Å². The number of nitrogens with zero attached hydrogens (tertiary/aromatic N) is 4. The van der Waals surface area contributed by atoms with E-state index in [0.717, 1.165) is 0 Å². The molecule has 0 fully saturated rings. The predicted octanol–water partition coefficient (Wildman–Crippen LogP) is 2.59. The molecule has 0 aliphatic heterocycles. The minimum absolute atomic E-state index is 0.233. The summed E-state index contributed by atoms with van der Waals surface area (Å²) < 4.78 is 2.07. The summed E-state index contributed by atoms with van der Waals surface area (Å²) in [5.74, 6) is 0.258. The number of imidazole rings is 1. The number of hydrogen-bond acceptors (Lipinski definition) is 4. The van der Waals surface area contributed by atoms with Gasteiger partial charge >= 0.3 is 5.82 Å². The largest absolute Gasteiger partial charge is 0.381 e. The maximum absolute atomic E-state index is 10.5. The molecule has 16 heavy (non-hydrogen) atoms. The summed E-state index contributed by atoms with van der Waals surface area (Å²) in [5, 5.41) is 10.9. The normalized spacial score (nSPS) is 10.4. The molecule has 0 atom stereocenters. The molecular formula is C8H4BrClN4O2. The van der Waals surface area contributed by atoms with Crippen molar-refractivity contribution in [3.8, 4) is 5.82 Å². The van der Waals surface area contributed by atoms with Gasteiger partial charge in [0.05, 0.1) is 9.50 Å². The van der Waals surface area contributed by atoms with Gasteiger partial charge in [-0.05, 0) is 31.9 Å². The first-order valence-corrected chi connectivity index (χ1v) is 5.25. The Morgan fingerprint density at radius 3 is 2.81 bits per heavy atom. The second-order valence-corrected chi connectivity index (χ2v) is 4.15. The van der Waals surface area contributed by atoms with Gasteiger partial charge in [0.15, 0.2) is 5.82 Å². The van der Waals surface area contributed by atoms with E-state index in [-0.39, 0.29) is 5.82 Å². The molecule has 0 saturated carbocycles. The van der Waals surface area contributed by atoms with Crippen LogP contribution in [0.2, 0.25) is 5.02 Å². The van der Waals surface area contributed by atoms with Crippen LogP contribution in [0.25, 0.3) is 5.82 Å². The molecule has 6 nitrogen and oxygen atoms in total. The molecule has 0 aromatic carbocycles. The van der Waals surface area contributed by atoms with Crippen molar-refractivity contribution in [2.45, 2.75) is 0 Å². The number of pyridine rings is 1. The lowest BCUT2D eigenvalue weighted by Crippen LogP contribution is -1.95. The Morgan fingerprint density at radius 1 is 1.50 bits per heavy atom. The van der Waals surface area contributed by atoms with Crippen LogP contribution in [-0.4, -0.2) is 19.5 Å². The van der Waals surface area contributed by atoms with Crippen molar-refractivity contribution in [1.29, 1.82) is 0 Å². The molecule has 2 heterocycles. The second kappa shape index (κ2) is 4.18. The lowest BCUT2D eigenvalue weighted by Gasteiger charge is -2.01. The van der Waals surface area contributed by atoms with E-state index in [4.69, 9.17) is 11.6 Å². The minimum atomic E-state index is -0.569. The molecule has 0 amide bonds. The number of hydrogen-bond donors (Lipinski definition) is 0. The maximum atomic E-state index is 10.5. The van der Waals surface area contributed by atoms with Crippen molar-refractivity contribution in [3.63, 3.8) is 0 Å². The molecule has 2 aromatic rings. The highest BCUT2D eigenvalue weighted by molar-refractivity contribution is 9.10. The predicted molar refractivity (Wildman–Crippen MR) is 60.7 cm³/mol. The van der Waals surface area contributed by atoms with Crippen molar-refractivity contribution in [3.05, 3.63) is 44.4 Å². The average molecular weight is 304 g/mol. The molecular weight excluding hydrogens is 299 g/mol. The summed E-state index contributed by atoms with van der Waals surface area (Å²) in [6.45, 7) is 0. The van der Waals surface area contributed by atoms with E-state index in [2.05, 4.69) is 25.9 Å². The second-order valence-electron chi connectivity index (χ2n) is 2.86.